The van der Waals surface area contributed by atoms with Crippen molar-refractivity contribution in [3.8, 4) is 29.1 Å². The third kappa shape index (κ3) is 7.03. The number of hydrogen-bond acceptors (Lipinski definition) is 6. The van der Waals surface area contributed by atoms with Crippen LogP contribution < -0.4 is 24.3 Å². The topological polar surface area (TPSA) is 89.8 Å². The Hall–Kier alpha value is -3.96. The molecule has 36 heavy (non-hydrogen) atoms. The maximum atomic E-state index is 12.8. The molecule has 0 aliphatic heterocycles. The molecular formula is C28H27BrN2O5. The summed E-state index contributed by atoms with van der Waals surface area (Å²) >= 11 is 3.54. The van der Waals surface area contributed by atoms with Crippen molar-refractivity contribution >= 4 is 27.9 Å². The summed E-state index contributed by atoms with van der Waals surface area (Å²) in [7, 11) is 3.11. The Balaban J connectivity index is 1.78. The average molecular weight is 551 g/mol. The Kier molecular flexibility index (Phi) is 9.78. The predicted octanol–water partition coefficient (Wildman–Crippen LogP) is 5.67. The van der Waals surface area contributed by atoms with E-state index in [2.05, 4.69) is 21.2 Å². The van der Waals surface area contributed by atoms with Gasteiger partial charge in [0.15, 0.2) is 11.5 Å². The number of amides is 1. The summed E-state index contributed by atoms with van der Waals surface area (Å²) in [5.74, 6) is 1.77. The van der Waals surface area contributed by atoms with Gasteiger partial charge in [-0.25, -0.2) is 0 Å². The number of nitrogens with zero attached hydrogens (tertiary/aromatic N) is 1. The van der Waals surface area contributed by atoms with Gasteiger partial charge in [-0.2, -0.15) is 5.26 Å². The van der Waals surface area contributed by atoms with Gasteiger partial charge in [0.05, 0.1) is 25.3 Å². The summed E-state index contributed by atoms with van der Waals surface area (Å²) in [6.07, 6.45) is 1.51. The van der Waals surface area contributed by atoms with Crippen LogP contribution in [0.2, 0.25) is 0 Å². The van der Waals surface area contributed by atoms with Gasteiger partial charge in [-0.05, 0) is 64.3 Å². The quantitative estimate of drug-likeness (QED) is 0.244. The summed E-state index contributed by atoms with van der Waals surface area (Å²) in [5, 5.41) is 12.4. The highest BCUT2D eigenvalue weighted by atomic mass is 79.9. The molecule has 8 heteroatoms. The molecule has 0 fully saturated rings. The Morgan fingerprint density at radius 3 is 2.47 bits per heavy atom. The van der Waals surface area contributed by atoms with E-state index >= 15 is 0 Å². The van der Waals surface area contributed by atoms with E-state index in [1.54, 1.807) is 44.6 Å². The van der Waals surface area contributed by atoms with E-state index in [9.17, 15) is 10.1 Å². The van der Waals surface area contributed by atoms with Crippen LogP contribution in [0.4, 0.5) is 0 Å². The molecule has 0 aromatic heterocycles. The maximum absolute atomic E-state index is 12.8. The third-order valence-electron chi connectivity index (χ3n) is 5.17. The fourth-order valence-electron chi connectivity index (χ4n) is 3.39. The number of rotatable bonds is 11. The molecule has 0 heterocycles. The normalized spacial score (nSPS) is 10.8. The van der Waals surface area contributed by atoms with Crippen molar-refractivity contribution < 1.29 is 23.7 Å². The van der Waals surface area contributed by atoms with Crippen molar-refractivity contribution in [3.05, 3.63) is 87.4 Å². The van der Waals surface area contributed by atoms with Gasteiger partial charge in [-0.3, -0.25) is 4.79 Å². The first-order valence-corrected chi connectivity index (χ1v) is 12.0. The molecule has 0 atom stereocenters. The number of carbonyl (C=O) groups is 1. The van der Waals surface area contributed by atoms with Crippen LogP contribution in [0.3, 0.4) is 0 Å². The fraction of sp³-hybridized carbons (Fsp3) is 0.214. The Morgan fingerprint density at radius 1 is 1.03 bits per heavy atom. The molecule has 0 saturated heterocycles. The van der Waals surface area contributed by atoms with Crippen LogP contribution in [0, 0.1) is 11.3 Å². The number of benzene rings is 3. The number of ether oxygens (including phenoxy) is 4. The second-order valence-electron chi connectivity index (χ2n) is 7.57. The highest BCUT2D eigenvalue weighted by Crippen LogP contribution is 2.38. The van der Waals surface area contributed by atoms with Crippen LogP contribution in [0.1, 0.15) is 23.6 Å². The van der Waals surface area contributed by atoms with Gasteiger partial charge in [-0.15, -0.1) is 0 Å². The van der Waals surface area contributed by atoms with Crippen molar-refractivity contribution in [2.24, 2.45) is 0 Å². The summed E-state index contributed by atoms with van der Waals surface area (Å²) in [6, 6.07) is 20.6. The SMILES string of the molecule is CCOc1cc(/C=C(\C#N)C(=O)NCc2ccc(OC)cc2OC)cc(Br)c1OCc1ccccc1. The van der Waals surface area contributed by atoms with Gasteiger partial charge >= 0.3 is 0 Å². The molecule has 3 aromatic rings. The van der Waals surface area contributed by atoms with Crippen LogP contribution >= 0.6 is 15.9 Å². The third-order valence-corrected chi connectivity index (χ3v) is 5.76. The number of nitriles is 1. The lowest BCUT2D eigenvalue weighted by Gasteiger charge is -2.15. The van der Waals surface area contributed by atoms with Crippen LogP contribution in [0.15, 0.2) is 70.7 Å². The molecule has 0 unspecified atom stereocenters. The van der Waals surface area contributed by atoms with E-state index in [1.165, 1.54) is 6.08 Å². The van der Waals surface area contributed by atoms with E-state index in [0.29, 0.717) is 46.2 Å². The monoisotopic (exact) mass is 550 g/mol. The molecule has 0 aliphatic carbocycles. The molecule has 7 nitrogen and oxygen atoms in total. The van der Waals surface area contributed by atoms with Crippen molar-refractivity contribution in [2.45, 2.75) is 20.1 Å². The highest BCUT2D eigenvalue weighted by Gasteiger charge is 2.15. The molecule has 0 bridgehead atoms. The Bertz CT molecular complexity index is 1270. The van der Waals surface area contributed by atoms with Gasteiger partial charge in [0.1, 0.15) is 29.7 Å². The van der Waals surface area contributed by atoms with Gasteiger partial charge in [0, 0.05) is 18.2 Å². The van der Waals surface area contributed by atoms with Crippen molar-refractivity contribution in [1.29, 1.82) is 5.26 Å². The van der Waals surface area contributed by atoms with Crippen molar-refractivity contribution in [3.63, 3.8) is 0 Å². The smallest absolute Gasteiger partial charge is 0.262 e. The van der Waals surface area contributed by atoms with E-state index in [1.807, 2.05) is 43.3 Å². The van der Waals surface area contributed by atoms with Crippen LogP contribution in [0.5, 0.6) is 23.0 Å². The van der Waals surface area contributed by atoms with E-state index in [4.69, 9.17) is 18.9 Å². The molecule has 1 N–H and O–H groups in total. The Labute approximate surface area is 219 Å². The number of hydrogen-bond donors (Lipinski definition) is 1. The van der Waals surface area contributed by atoms with Crippen molar-refractivity contribution in [2.75, 3.05) is 20.8 Å². The second kappa shape index (κ2) is 13.2. The van der Waals surface area contributed by atoms with Crippen LogP contribution in [-0.4, -0.2) is 26.7 Å². The van der Waals surface area contributed by atoms with Gasteiger partial charge < -0.3 is 24.3 Å². The van der Waals surface area contributed by atoms with Gasteiger partial charge in [-0.1, -0.05) is 30.3 Å². The summed E-state index contributed by atoms with van der Waals surface area (Å²) in [5.41, 5.74) is 2.35. The largest absolute Gasteiger partial charge is 0.497 e. The lowest BCUT2D eigenvalue weighted by molar-refractivity contribution is -0.117. The van der Waals surface area contributed by atoms with Crippen LogP contribution in [-0.2, 0) is 17.9 Å². The number of nitrogens with one attached hydrogen (secondary N) is 1. The molecule has 186 valence electrons. The first-order valence-electron chi connectivity index (χ1n) is 11.2. The number of methoxy groups -OCH3 is 2. The molecule has 0 saturated carbocycles. The van der Waals surface area contributed by atoms with E-state index < -0.39 is 5.91 Å². The molecule has 3 aromatic carbocycles. The molecular weight excluding hydrogens is 524 g/mol. The van der Waals surface area contributed by atoms with Gasteiger partial charge in [0.25, 0.3) is 5.91 Å². The highest BCUT2D eigenvalue weighted by molar-refractivity contribution is 9.10. The number of halogens is 1. The molecule has 0 aliphatic rings. The predicted molar refractivity (Wildman–Crippen MR) is 141 cm³/mol. The minimum absolute atomic E-state index is 0.0465. The minimum atomic E-state index is -0.506. The molecule has 0 spiro atoms. The standard InChI is InChI=1S/C28H27BrN2O5/c1-4-35-26-14-20(13-24(29)27(26)36-18-19-8-6-5-7-9-19)12-22(16-30)28(32)31-17-21-10-11-23(33-2)15-25(21)34-3/h5-15H,4,17-18H2,1-3H3,(H,31,32)/b22-12+. The first kappa shape index (κ1) is 26.6. The first-order chi connectivity index (χ1) is 17.5. The molecule has 3 rings (SSSR count). The summed E-state index contributed by atoms with van der Waals surface area (Å²) < 4.78 is 23.0. The van der Waals surface area contributed by atoms with Crippen LogP contribution in [0.25, 0.3) is 6.08 Å². The van der Waals surface area contributed by atoms with Crippen molar-refractivity contribution in [1.82, 2.24) is 5.32 Å². The number of carbonyl (C=O) groups excluding carboxylic acids is 1. The average Bonchev–Trinajstić information content (AvgIpc) is 2.90. The van der Waals surface area contributed by atoms with E-state index in [-0.39, 0.29) is 12.1 Å². The fourth-order valence-corrected chi connectivity index (χ4v) is 3.96. The minimum Gasteiger partial charge on any atom is -0.497 e. The zero-order chi connectivity index (χ0) is 25.9. The lowest BCUT2D eigenvalue weighted by Crippen LogP contribution is -2.24. The zero-order valence-corrected chi connectivity index (χ0v) is 21.9. The Morgan fingerprint density at radius 2 is 1.81 bits per heavy atom. The van der Waals surface area contributed by atoms with Gasteiger partial charge in [0.2, 0.25) is 0 Å². The van der Waals surface area contributed by atoms with E-state index in [0.717, 1.165) is 11.1 Å². The zero-order valence-electron chi connectivity index (χ0n) is 20.3. The molecule has 1 amide bonds. The summed E-state index contributed by atoms with van der Waals surface area (Å²) in [4.78, 5) is 12.8. The summed E-state index contributed by atoms with van der Waals surface area (Å²) in [6.45, 7) is 2.86. The molecule has 0 radical (unpaired) electrons. The second-order valence-corrected chi connectivity index (χ2v) is 8.42. The maximum Gasteiger partial charge on any atom is 0.262 e. The lowest BCUT2D eigenvalue weighted by atomic mass is 10.1.